The van der Waals surface area contributed by atoms with E-state index in [2.05, 4.69) is 10.4 Å². The number of likely N-dealkylation sites (N-methyl/N-ethyl adjacent to an activating group) is 1. The second kappa shape index (κ2) is 9.89. The second-order valence-corrected chi connectivity index (χ2v) is 9.00. The quantitative estimate of drug-likeness (QED) is 0.469. The van der Waals surface area contributed by atoms with Crippen molar-refractivity contribution in [1.82, 2.24) is 14.7 Å². The molecular weight excluding hydrogens is 464 g/mol. The molecule has 0 fully saturated rings. The number of hydrogen-bond donors (Lipinski definition) is 1. The largest absolute Gasteiger partial charge is 0.416 e. The number of nitrogens with one attached hydrogen (secondary N) is 1. The predicted molar refractivity (Wildman–Crippen MR) is 124 cm³/mol. The summed E-state index contributed by atoms with van der Waals surface area (Å²) in [5.41, 5.74) is -0.267. The summed E-state index contributed by atoms with van der Waals surface area (Å²) in [6.07, 6.45) is -4.59. The van der Waals surface area contributed by atoms with Gasteiger partial charge in [0.15, 0.2) is 0 Å². The second-order valence-electron chi connectivity index (χ2n) is 9.00. The molecular formula is C25H26F4N4O2. The van der Waals surface area contributed by atoms with Gasteiger partial charge in [-0.05, 0) is 49.4 Å². The lowest BCUT2D eigenvalue weighted by Gasteiger charge is -2.21. The van der Waals surface area contributed by atoms with E-state index in [1.54, 1.807) is 13.0 Å². The lowest BCUT2D eigenvalue weighted by Crippen LogP contribution is -2.38. The van der Waals surface area contributed by atoms with Gasteiger partial charge in [-0.3, -0.25) is 9.59 Å². The SMILES string of the molecule is CCN(CC(=O)Nc1cc(C(C)(C)C)nn1-c1ccc(F)cc1)C(=O)c1cccc(C(F)(F)F)c1. The summed E-state index contributed by atoms with van der Waals surface area (Å²) in [5.74, 6) is -1.37. The Morgan fingerprint density at radius 1 is 1.03 bits per heavy atom. The van der Waals surface area contributed by atoms with Crippen molar-refractivity contribution < 1.29 is 27.2 Å². The van der Waals surface area contributed by atoms with Crippen LogP contribution in [0.2, 0.25) is 0 Å². The predicted octanol–water partition coefficient (Wildman–Crippen LogP) is 5.43. The Hall–Kier alpha value is -3.69. The van der Waals surface area contributed by atoms with E-state index in [4.69, 9.17) is 0 Å². The van der Waals surface area contributed by atoms with E-state index >= 15 is 0 Å². The molecule has 3 aromatic rings. The molecule has 35 heavy (non-hydrogen) atoms. The Balaban J connectivity index is 1.83. The summed E-state index contributed by atoms with van der Waals surface area (Å²) in [6, 6.07) is 11.3. The summed E-state index contributed by atoms with van der Waals surface area (Å²) in [4.78, 5) is 26.8. The summed E-state index contributed by atoms with van der Waals surface area (Å²) in [7, 11) is 0. The zero-order valence-corrected chi connectivity index (χ0v) is 19.8. The molecule has 186 valence electrons. The van der Waals surface area contributed by atoms with E-state index in [1.807, 2.05) is 20.8 Å². The lowest BCUT2D eigenvalue weighted by molar-refractivity contribution is -0.137. The van der Waals surface area contributed by atoms with Crippen molar-refractivity contribution >= 4 is 17.6 Å². The van der Waals surface area contributed by atoms with Crippen LogP contribution in [0.1, 0.15) is 49.3 Å². The highest BCUT2D eigenvalue weighted by molar-refractivity contribution is 5.99. The average molecular weight is 491 g/mol. The minimum absolute atomic E-state index is 0.104. The maximum Gasteiger partial charge on any atom is 0.416 e. The topological polar surface area (TPSA) is 67.2 Å². The Bertz CT molecular complexity index is 1210. The number of carbonyl (C=O) groups is 2. The molecule has 0 aliphatic heterocycles. The van der Waals surface area contributed by atoms with Gasteiger partial charge >= 0.3 is 6.18 Å². The Morgan fingerprint density at radius 3 is 2.26 bits per heavy atom. The molecule has 6 nitrogen and oxygen atoms in total. The van der Waals surface area contributed by atoms with Gasteiger partial charge in [0.1, 0.15) is 18.2 Å². The van der Waals surface area contributed by atoms with Gasteiger partial charge in [-0.2, -0.15) is 18.3 Å². The van der Waals surface area contributed by atoms with Crippen LogP contribution in [0.15, 0.2) is 54.6 Å². The number of hydrogen-bond acceptors (Lipinski definition) is 3. The van der Waals surface area contributed by atoms with Crippen LogP contribution in [0, 0.1) is 5.82 Å². The standard InChI is InChI=1S/C25H26F4N4O2/c1-5-32(23(35)16-7-6-8-17(13-16)25(27,28)29)15-22(34)30-21-14-20(24(2,3)4)31-33(21)19-11-9-18(26)10-12-19/h6-14H,5,15H2,1-4H3,(H,30,34). The molecule has 0 saturated heterocycles. The molecule has 2 aromatic carbocycles. The van der Waals surface area contributed by atoms with Crippen LogP contribution >= 0.6 is 0 Å². The van der Waals surface area contributed by atoms with E-state index in [1.165, 1.54) is 35.0 Å². The maximum atomic E-state index is 13.4. The minimum Gasteiger partial charge on any atom is -0.330 e. The molecule has 0 bridgehead atoms. The highest BCUT2D eigenvalue weighted by atomic mass is 19.4. The van der Waals surface area contributed by atoms with E-state index in [-0.39, 0.29) is 24.1 Å². The van der Waals surface area contributed by atoms with Gasteiger partial charge < -0.3 is 10.2 Å². The van der Waals surface area contributed by atoms with Crippen molar-refractivity contribution in [2.45, 2.75) is 39.3 Å². The van der Waals surface area contributed by atoms with Gasteiger partial charge in [-0.15, -0.1) is 0 Å². The van der Waals surface area contributed by atoms with Crippen LogP contribution in [-0.4, -0.2) is 39.6 Å². The Kier molecular flexibility index (Phi) is 7.33. The molecule has 1 aromatic heterocycles. The van der Waals surface area contributed by atoms with Crippen molar-refractivity contribution in [3.8, 4) is 5.69 Å². The molecule has 0 aliphatic rings. The van der Waals surface area contributed by atoms with Crippen LogP contribution in [-0.2, 0) is 16.4 Å². The molecule has 0 atom stereocenters. The van der Waals surface area contributed by atoms with Crippen LogP contribution < -0.4 is 5.32 Å². The number of benzene rings is 2. The molecule has 1 N–H and O–H groups in total. The first-order valence-corrected chi connectivity index (χ1v) is 10.9. The van der Waals surface area contributed by atoms with E-state index in [9.17, 15) is 27.2 Å². The normalized spacial score (nSPS) is 11.9. The monoisotopic (exact) mass is 490 g/mol. The van der Waals surface area contributed by atoms with Gasteiger partial charge in [0.25, 0.3) is 5.91 Å². The van der Waals surface area contributed by atoms with Gasteiger partial charge in [0.05, 0.1) is 16.9 Å². The zero-order valence-electron chi connectivity index (χ0n) is 19.8. The third kappa shape index (κ3) is 6.26. The van der Waals surface area contributed by atoms with Crippen LogP contribution in [0.3, 0.4) is 0 Å². The number of alkyl halides is 3. The third-order valence-corrected chi connectivity index (χ3v) is 5.26. The maximum absolute atomic E-state index is 13.4. The Labute approximate surface area is 200 Å². The first-order chi connectivity index (χ1) is 16.3. The summed E-state index contributed by atoms with van der Waals surface area (Å²) >= 11 is 0. The van der Waals surface area contributed by atoms with Crippen LogP contribution in [0.5, 0.6) is 0 Å². The minimum atomic E-state index is -4.59. The summed E-state index contributed by atoms with van der Waals surface area (Å²) in [5, 5.41) is 7.26. The van der Waals surface area contributed by atoms with Gasteiger partial charge in [-0.25, -0.2) is 9.07 Å². The van der Waals surface area contributed by atoms with Gasteiger partial charge in [0, 0.05) is 23.6 Å². The third-order valence-electron chi connectivity index (χ3n) is 5.26. The molecule has 3 rings (SSSR count). The molecule has 2 amide bonds. The number of halogens is 4. The lowest BCUT2D eigenvalue weighted by atomic mass is 9.92. The smallest absolute Gasteiger partial charge is 0.330 e. The zero-order chi connectivity index (χ0) is 26.0. The number of rotatable bonds is 6. The van der Waals surface area contributed by atoms with Crippen molar-refractivity contribution in [2.24, 2.45) is 0 Å². The number of nitrogens with zero attached hydrogens (tertiary/aromatic N) is 3. The summed E-state index contributed by atoms with van der Waals surface area (Å²) < 4.78 is 54.0. The number of amides is 2. The molecule has 0 spiro atoms. The summed E-state index contributed by atoms with van der Waals surface area (Å²) in [6.45, 7) is 7.19. The fraction of sp³-hybridized carbons (Fsp3) is 0.320. The fourth-order valence-corrected chi connectivity index (χ4v) is 3.31. The first kappa shape index (κ1) is 25.9. The first-order valence-electron chi connectivity index (χ1n) is 10.9. The van der Waals surface area contributed by atoms with E-state index in [0.29, 0.717) is 17.2 Å². The molecule has 1 heterocycles. The molecule has 0 saturated carbocycles. The average Bonchev–Trinajstić information content (AvgIpc) is 3.21. The van der Waals surface area contributed by atoms with E-state index < -0.39 is 29.4 Å². The van der Waals surface area contributed by atoms with Crippen molar-refractivity contribution in [3.05, 3.63) is 77.2 Å². The molecule has 10 heteroatoms. The highest BCUT2D eigenvalue weighted by Crippen LogP contribution is 2.30. The number of anilines is 1. The Morgan fingerprint density at radius 2 is 1.69 bits per heavy atom. The van der Waals surface area contributed by atoms with Crippen molar-refractivity contribution in [2.75, 3.05) is 18.4 Å². The fourth-order valence-electron chi connectivity index (χ4n) is 3.31. The molecule has 0 unspecified atom stereocenters. The van der Waals surface area contributed by atoms with Crippen LogP contribution in [0.25, 0.3) is 5.69 Å². The van der Waals surface area contributed by atoms with Gasteiger partial charge in [-0.1, -0.05) is 26.8 Å². The van der Waals surface area contributed by atoms with Gasteiger partial charge in [0.2, 0.25) is 5.91 Å². The number of aromatic nitrogens is 2. The van der Waals surface area contributed by atoms with Crippen molar-refractivity contribution in [1.29, 1.82) is 0 Å². The highest BCUT2D eigenvalue weighted by Gasteiger charge is 2.31. The molecule has 0 radical (unpaired) electrons. The van der Waals surface area contributed by atoms with E-state index in [0.717, 1.165) is 23.1 Å². The van der Waals surface area contributed by atoms with Crippen LogP contribution in [0.4, 0.5) is 23.4 Å². The number of carbonyl (C=O) groups excluding carboxylic acids is 2. The van der Waals surface area contributed by atoms with Crippen molar-refractivity contribution in [3.63, 3.8) is 0 Å². The molecule has 0 aliphatic carbocycles.